The maximum absolute atomic E-state index is 13.9. The topological polar surface area (TPSA) is 25.2 Å². The Labute approximate surface area is 133 Å². The third kappa shape index (κ3) is 2.13. The Balaban J connectivity index is 1.73. The Morgan fingerprint density at radius 3 is 2.65 bits per heavy atom. The van der Waals surface area contributed by atoms with Gasteiger partial charge >= 0.3 is 0 Å². The predicted octanol–water partition coefficient (Wildman–Crippen LogP) is 3.52. The molecule has 4 heteroatoms. The fourth-order valence-electron chi connectivity index (χ4n) is 3.51. The highest BCUT2D eigenvalue weighted by atomic mass is 19.1. The van der Waals surface area contributed by atoms with Gasteiger partial charge in [-0.1, -0.05) is 30.3 Å². The predicted molar refractivity (Wildman–Crippen MR) is 87.8 cm³/mol. The van der Waals surface area contributed by atoms with Crippen molar-refractivity contribution >= 4 is 16.8 Å². The maximum atomic E-state index is 13.9. The molecule has 0 saturated heterocycles. The van der Waals surface area contributed by atoms with Crippen molar-refractivity contribution in [1.82, 2.24) is 9.47 Å². The van der Waals surface area contributed by atoms with E-state index in [0.717, 1.165) is 6.42 Å². The summed E-state index contributed by atoms with van der Waals surface area (Å²) in [6, 6.07) is 14.4. The molecule has 0 fully saturated rings. The summed E-state index contributed by atoms with van der Waals surface area (Å²) in [5.74, 6) is -0.692. The lowest BCUT2D eigenvalue weighted by Crippen LogP contribution is -2.36. The number of hydrogen-bond donors (Lipinski definition) is 0. The van der Waals surface area contributed by atoms with E-state index in [1.165, 1.54) is 28.2 Å². The molecule has 1 amide bonds. The third-order valence-corrected chi connectivity index (χ3v) is 4.70. The Bertz CT molecular complexity index is 913. The molecule has 0 unspecified atom stereocenters. The first-order valence-electron chi connectivity index (χ1n) is 7.76. The molecule has 2 aromatic carbocycles. The third-order valence-electron chi connectivity index (χ3n) is 4.70. The molecule has 1 aromatic heterocycles. The second kappa shape index (κ2) is 5.23. The van der Waals surface area contributed by atoms with Gasteiger partial charge in [0.25, 0.3) is 5.91 Å². The molecule has 23 heavy (non-hydrogen) atoms. The highest BCUT2D eigenvalue weighted by Crippen LogP contribution is 2.30. The molecule has 3 aromatic rings. The van der Waals surface area contributed by atoms with E-state index in [9.17, 15) is 9.18 Å². The summed E-state index contributed by atoms with van der Waals surface area (Å²) in [4.78, 5) is 14.4. The molecule has 1 aliphatic rings. The van der Waals surface area contributed by atoms with Gasteiger partial charge < -0.3 is 9.47 Å². The van der Waals surface area contributed by atoms with E-state index in [0.29, 0.717) is 13.1 Å². The molecule has 4 rings (SSSR count). The standard InChI is InChI=1S/C19H17FN2O/c1-21-17-9-5-3-6-13(17)15-12-22(11-10-18(15)21)19(23)14-7-2-4-8-16(14)20/h2-9H,10-12H2,1H3. The molecule has 0 saturated carbocycles. The number of fused-ring (bicyclic) bond motifs is 3. The number of rotatable bonds is 1. The SMILES string of the molecule is Cn1c2c(c3ccccc31)CN(C(=O)c1ccccc1F)CC2. The van der Waals surface area contributed by atoms with Gasteiger partial charge in [-0.05, 0) is 18.2 Å². The van der Waals surface area contributed by atoms with Crippen molar-refractivity contribution in [1.29, 1.82) is 0 Å². The average molecular weight is 308 g/mol. The minimum atomic E-state index is -0.457. The fraction of sp³-hybridized carbons (Fsp3) is 0.211. The monoisotopic (exact) mass is 308 g/mol. The molecule has 1 aliphatic heterocycles. The van der Waals surface area contributed by atoms with Gasteiger partial charge in [-0.25, -0.2) is 4.39 Å². The van der Waals surface area contributed by atoms with Crippen LogP contribution in [0.1, 0.15) is 21.6 Å². The summed E-state index contributed by atoms with van der Waals surface area (Å²) in [6.45, 7) is 1.15. The normalized spacial score (nSPS) is 14.1. The van der Waals surface area contributed by atoms with Gasteiger partial charge in [0.2, 0.25) is 0 Å². The molecule has 116 valence electrons. The summed E-state index contributed by atoms with van der Waals surface area (Å²) in [5.41, 5.74) is 3.77. The minimum absolute atomic E-state index is 0.149. The number of carbonyl (C=O) groups is 1. The van der Waals surface area contributed by atoms with Gasteiger partial charge in [0, 0.05) is 48.7 Å². The first kappa shape index (κ1) is 14.0. The summed E-state index contributed by atoms with van der Waals surface area (Å²) >= 11 is 0. The lowest BCUT2D eigenvalue weighted by molar-refractivity contribution is 0.0729. The van der Waals surface area contributed by atoms with Gasteiger partial charge in [-0.2, -0.15) is 0 Å². The zero-order valence-electron chi connectivity index (χ0n) is 12.9. The number of halogens is 1. The van der Waals surface area contributed by atoms with Crippen LogP contribution < -0.4 is 0 Å². The molecule has 0 spiro atoms. The molecular formula is C19H17FN2O. The number of benzene rings is 2. The smallest absolute Gasteiger partial charge is 0.257 e. The van der Waals surface area contributed by atoms with Gasteiger partial charge in [0.15, 0.2) is 0 Å². The number of carbonyl (C=O) groups excluding carboxylic acids is 1. The Morgan fingerprint density at radius 2 is 1.83 bits per heavy atom. The van der Waals surface area contributed by atoms with Crippen LogP contribution >= 0.6 is 0 Å². The fourth-order valence-corrected chi connectivity index (χ4v) is 3.51. The van der Waals surface area contributed by atoms with Crippen LogP contribution in [0.25, 0.3) is 10.9 Å². The molecule has 3 nitrogen and oxygen atoms in total. The van der Waals surface area contributed by atoms with Crippen molar-refractivity contribution < 1.29 is 9.18 Å². The number of amides is 1. The summed E-state index contributed by atoms with van der Waals surface area (Å²) < 4.78 is 16.1. The largest absolute Gasteiger partial charge is 0.347 e. The summed E-state index contributed by atoms with van der Waals surface area (Å²) in [6.07, 6.45) is 0.792. The van der Waals surface area contributed by atoms with Crippen molar-refractivity contribution in [3.05, 3.63) is 71.2 Å². The highest BCUT2D eigenvalue weighted by Gasteiger charge is 2.27. The van der Waals surface area contributed by atoms with Crippen LogP contribution in [0, 0.1) is 5.82 Å². The van der Waals surface area contributed by atoms with Gasteiger partial charge in [-0.3, -0.25) is 4.79 Å². The highest BCUT2D eigenvalue weighted by molar-refractivity contribution is 5.95. The van der Waals surface area contributed by atoms with Crippen molar-refractivity contribution in [2.45, 2.75) is 13.0 Å². The lowest BCUT2D eigenvalue weighted by Gasteiger charge is -2.28. The first-order chi connectivity index (χ1) is 11.2. The van der Waals surface area contributed by atoms with E-state index in [1.54, 1.807) is 23.1 Å². The van der Waals surface area contributed by atoms with Gasteiger partial charge in [-0.15, -0.1) is 0 Å². The number of aryl methyl sites for hydroxylation is 1. The quantitative estimate of drug-likeness (QED) is 0.675. The van der Waals surface area contributed by atoms with E-state index < -0.39 is 5.82 Å². The van der Waals surface area contributed by atoms with E-state index in [1.807, 2.05) is 12.1 Å². The lowest BCUT2D eigenvalue weighted by atomic mass is 10.0. The first-order valence-corrected chi connectivity index (χ1v) is 7.76. The number of aromatic nitrogens is 1. The van der Waals surface area contributed by atoms with Gasteiger partial charge in [0.05, 0.1) is 5.56 Å². The van der Waals surface area contributed by atoms with E-state index in [4.69, 9.17) is 0 Å². The number of nitrogens with zero attached hydrogens (tertiary/aromatic N) is 2. The Morgan fingerprint density at radius 1 is 1.09 bits per heavy atom. The molecule has 0 radical (unpaired) electrons. The zero-order valence-corrected chi connectivity index (χ0v) is 12.9. The van der Waals surface area contributed by atoms with Crippen LogP contribution in [0.15, 0.2) is 48.5 Å². The van der Waals surface area contributed by atoms with Crippen LogP contribution in [-0.2, 0) is 20.0 Å². The molecule has 0 atom stereocenters. The summed E-state index contributed by atoms with van der Waals surface area (Å²) in [7, 11) is 2.06. The van der Waals surface area contributed by atoms with Crippen molar-refractivity contribution in [3.8, 4) is 0 Å². The van der Waals surface area contributed by atoms with Crippen LogP contribution in [0.5, 0.6) is 0 Å². The molecule has 2 heterocycles. The van der Waals surface area contributed by atoms with Crippen LogP contribution in [0.3, 0.4) is 0 Å². The van der Waals surface area contributed by atoms with E-state index in [2.05, 4.69) is 23.7 Å². The molecule has 0 N–H and O–H groups in total. The molecular weight excluding hydrogens is 291 g/mol. The molecule has 0 bridgehead atoms. The minimum Gasteiger partial charge on any atom is -0.347 e. The second-order valence-corrected chi connectivity index (χ2v) is 5.96. The average Bonchev–Trinajstić information content (AvgIpc) is 2.88. The van der Waals surface area contributed by atoms with E-state index in [-0.39, 0.29) is 11.5 Å². The zero-order chi connectivity index (χ0) is 16.0. The summed E-state index contributed by atoms with van der Waals surface area (Å²) in [5, 5.41) is 1.18. The maximum Gasteiger partial charge on any atom is 0.257 e. The van der Waals surface area contributed by atoms with Crippen LogP contribution in [0.2, 0.25) is 0 Å². The number of para-hydroxylation sites is 1. The van der Waals surface area contributed by atoms with Crippen molar-refractivity contribution in [3.63, 3.8) is 0 Å². The Hall–Kier alpha value is -2.62. The van der Waals surface area contributed by atoms with Crippen LogP contribution in [-0.4, -0.2) is 21.9 Å². The van der Waals surface area contributed by atoms with Gasteiger partial charge in [0.1, 0.15) is 5.82 Å². The van der Waals surface area contributed by atoms with Crippen LogP contribution in [0.4, 0.5) is 4.39 Å². The van der Waals surface area contributed by atoms with Crippen molar-refractivity contribution in [2.24, 2.45) is 7.05 Å². The second-order valence-electron chi connectivity index (χ2n) is 5.96. The van der Waals surface area contributed by atoms with E-state index >= 15 is 0 Å². The number of hydrogen-bond acceptors (Lipinski definition) is 1. The van der Waals surface area contributed by atoms with Crippen molar-refractivity contribution in [2.75, 3.05) is 6.54 Å². The Kier molecular flexibility index (Phi) is 3.18. The molecule has 0 aliphatic carbocycles.